The summed E-state index contributed by atoms with van der Waals surface area (Å²) in [6, 6.07) is 5.38. The molecule has 0 bridgehead atoms. The minimum atomic E-state index is -0.152. The normalized spacial score (nSPS) is 28.9. The van der Waals surface area contributed by atoms with Crippen molar-refractivity contribution >= 4 is 5.91 Å². The van der Waals surface area contributed by atoms with Crippen LogP contribution in [-0.4, -0.2) is 30.1 Å². The van der Waals surface area contributed by atoms with Crippen LogP contribution in [0, 0.1) is 18.8 Å². The van der Waals surface area contributed by atoms with Crippen molar-refractivity contribution in [3.63, 3.8) is 0 Å². The molecule has 1 aliphatic carbocycles. The van der Waals surface area contributed by atoms with Gasteiger partial charge in [0.05, 0.1) is 5.56 Å². The number of benzene rings is 1. The Morgan fingerprint density at radius 2 is 2.10 bits per heavy atom. The zero-order chi connectivity index (χ0) is 14.1. The standard InChI is InChI=1S/C16H22N2O2/c1-10-2-5-15(19)14(6-10)16(20)18-13-4-3-11-8-17-9-12(11)7-13/h2,5-6,11-13,17,19H,3-4,7-9H2,1H3,(H,18,20)/t11-,12+,13?/m0/s1. The number of carbonyl (C=O) groups excluding carboxylic acids is 1. The summed E-state index contributed by atoms with van der Waals surface area (Å²) in [5, 5.41) is 16.3. The van der Waals surface area contributed by atoms with Crippen LogP contribution in [0.3, 0.4) is 0 Å². The zero-order valence-corrected chi connectivity index (χ0v) is 11.9. The van der Waals surface area contributed by atoms with Crippen molar-refractivity contribution in [1.29, 1.82) is 0 Å². The van der Waals surface area contributed by atoms with E-state index in [4.69, 9.17) is 0 Å². The minimum Gasteiger partial charge on any atom is -0.507 e. The van der Waals surface area contributed by atoms with E-state index < -0.39 is 0 Å². The van der Waals surface area contributed by atoms with Crippen molar-refractivity contribution < 1.29 is 9.90 Å². The highest BCUT2D eigenvalue weighted by molar-refractivity contribution is 5.97. The summed E-state index contributed by atoms with van der Waals surface area (Å²) in [7, 11) is 0. The minimum absolute atomic E-state index is 0.0596. The second-order valence-electron chi connectivity index (χ2n) is 6.18. The van der Waals surface area contributed by atoms with Crippen LogP contribution in [0.5, 0.6) is 5.75 Å². The number of phenols is 1. The number of rotatable bonds is 2. The molecular weight excluding hydrogens is 252 g/mol. The molecule has 1 heterocycles. The highest BCUT2D eigenvalue weighted by Gasteiger charge is 2.34. The number of carbonyl (C=O) groups is 1. The van der Waals surface area contributed by atoms with Crippen molar-refractivity contribution in [3.05, 3.63) is 29.3 Å². The van der Waals surface area contributed by atoms with Crippen LogP contribution in [0.25, 0.3) is 0 Å². The molecule has 1 amide bonds. The lowest BCUT2D eigenvalue weighted by Gasteiger charge is -2.31. The lowest BCUT2D eigenvalue weighted by atomic mass is 9.79. The van der Waals surface area contributed by atoms with E-state index in [-0.39, 0.29) is 17.7 Å². The van der Waals surface area contributed by atoms with Crippen LogP contribution >= 0.6 is 0 Å². The number of phenolic OH excluding ortho intramolecular Hbond substituents is 1. The van der Waals surface area contributed by atoms with Crippen molar-refractivity contribution in [3.8, 4) is 5.75 Å². The Bertz CT molecular complexity index is 515. The lowest BCUT2D eigenvalue weighted by Crippen LogP contribution is -2.40. The molecule has 3 N–H and O–H groups in total. The highest BCUT2D eigenvalue weighted by atomic mass is 16.3. The van der Waals surface area contributed by atoms with E-state index in [2.05, 4.69) is 10.6 Å². The molecule has 3 atom stereocenters. The van der Waals surface area contributed by atoms with Crippen molar-refractivity contribution in [2.24, 2.45) is 11.8 Å². The van der Waals surface area contributed by atoms with Gasteiger partial charge in [-0.05, 0) is 63.2 Å². The Morgan fingerprint density at radius 1 is 1.30 bits per heavy atom. The van der Waals surface area contributed by atoms with Crippen LogP contribution in [0.15, 0.2) is 18.2 Å². The van der Waals surface area contributed by atoms with Crippen molar-refractivity contribution in [1.82, 2.24) is 10.6 Å². The molecule has 1 aromatic carbocycles. The van der Waals surface area contributed by atoms with E-state index >= 15 is 0 Å². The number of fused-ring (bicyclic) bond motifs is 1. The fourth-order valence-electron chi connectivity index (χ4n) is 3.53. The molecule has 0 spiro atoms. The monoisotopic (exact) mass is 274 g/mol. The highest BCUT2D eigenvalue weighted by Crippen LogP contribution is 2.32. The maximum absolute atomic E-state index is 12.3. The van der Waals surface area contributed by atoms with Gasteiger partial charge in [0.1, 0.15) is 5.75 Å². The first-order valence-electron chi connectivity index (χ1n) is 7.44. The third-order valence-corrected chi connectivity index (χ3v) is 4.68. The second kappa shape index (κ2) is 5.44. The maximum atomic E-state index is 12.3. The van der Waals surface area contributed by atoms with E-state index in [0.29, 0.717) is 11.5 Å². The van der Waals surface area contributed by atoms with Gasteiger partial charge in [-0.1, -0.05) is 11.6 Å². The molecule has 3 rings (SSSR count). The molecule has 1 saturated carbocycles. The van der Waals surface area contributed by atoms with Gasteiger partial charge in [-0.3, -0.25) is 4.79 Å². The second-order valence-corrected chi connectivity index (χ2v) is 6.18. The molecule has 4 nitrogen and oxygen atoms in total. The summed E-state index contributed by atoms with van der Waals surface area (Å²) in [6.07, 6.45) is 3.28. The first kappa shape index (κ1) is 13.4. The van der Waals surface area contributed by atoms with Gasteiger partial charge in [0, 0.05) is 6.04 Å². The molecule has 4 heteroatoms. The van der Waals surface area contributed by atoms with Gasteiger partial charge in [-0.2, -0.15) is 0 Å². The molecule has 20 heavy (non-hydrogen) atoms. The third kappa shape index (κ3) is 2.66. The predicted molar refractivity (Wildman–Crippen MR) is 77.8 cm³/mol. The van der Waals surface area contributed by atoms with Gasteiger partial charge in [0.25, 0.3) is 5.91 Å². The number of hydrogen-bond donors (Lipinski definition) is 3. The largest absolute Gasteiger partial charge is 0.507 e. The Kier molecular flexibility index (Phi) is 3.66. The molecule has 1 saturated heterocycles. The number of aryl methyl sites for hydroxylation is 1. The lowest BCUT2D eigenvalue weighted by molar-refractivity contribution is 0.0911. The Balaban J connectivity index is 1.65. The van der Waals surface area contributed by atoms with Crippen LogP contribution in [-0.2, 0) is 0 Å². The number of nitrogens with one attached hydrogen (secondary N) is 2. The summed E-state index contributed by atoms with van der Waals surface area (Å²) in [5.74, 6) is 1.39. The predicted octanol–water partition coefficient (Wildman–Crippen LogP) is 1.82. The summed E-state index contributed by atoms with van der Waals surface area (Å²) >= 11 is 0. The van der Waals surface area contributed by atoms with E-state index in [1.54, 1.807) is 12.1 Å². The molecule has 1 aromatic rings. The Labute approximate surface area is 119 Å². The first-order chi connectivity index (χ1) is 9.63. The van der Waals surface area contributed by atoms with Crippen LogP contribution in [0.1, 0.15) is 35.2 Å². The summed E-state index contributed by atoms with van der Waals surface area (Å²) < 4.78 is 0. The summed E-state index contributed by atoms with van der Waals surface area (Å²) in [6.45, 7) is 4.13. The van der Waals surface area contributed by atoms with E-state index in [9.17, 15) is 9.90 Å². The Hall–Kier alpha value is -1.55. The van der Waals surface area contributed by atoms with Crippen LogP contribution in [0.4, 0.5) is 0 Å². The van der Waals surface area contributed by atoms with E-state index in [0.717, 1.165) is 37.4 Å². The van der Waals surface area contributed by atoms with Crippen molar-refractivity contribution in [2.45, 2.75) is 32.2 Å². The number of amides is 1. The molecule has 108 valence electrons. The van der Waals surface area contributed by atoms with Gasteiger partial charge in [-0.15, -0.1) is 0 Å². The quantitative estimate of drug-likeness (QED) is 0.771. The van der Waals surface area contributed by atoms with Crippen LogP contribution < -0.4 is 10.6 Å². The molecule has 2 fully saturated rings. The topological polar surface area (TPSA) is 61.4 Å². The fraction of sp³-hybridized carbons (Fsp3) is 0.562. The van der Waals surface area contributed by atoms with E-state index in [1.807, 2.05) is 13.0 Å². The zero-order valence-electron chi connectivity index (χ0n) is 11.9. The molecule has 0 radical (unpaired) electrons. The van der Waals surface area contributed by atoms with Crippen molar-refractivity contribution in [2.75, 3.05) is 13.1 Å². The maximum Gasteiger partial charge on any atom is 0.255 e. The first-order valence-corrected chi connectivity index (χ1v) is 7.44. The van der Waals surface area contributed by atoms with Gasteiger partial charge >= 0.3 is 0 Å². The van der Waals surface area contributed by atoms with Gasteiger partial charge in [-0.25, -0.2) is 0 Å². The van der Waals surface area contributed by atoms with E-state index in [1.165, 1.54) is 6.42 Å². The molecule has 1 aliphatic heterocycles. The summed E-state index contributed by atoms with van der Waals surface area (Å²) in [4.78, 5) is 12.3. The smallest absolute Gasteiger partial charge is 0.255 e. The van der Waals surface area contributed by atoms with Crippen LogP contribution in [0.2, 0.25) is 0 Å². The average molecular weight is 274 g/mol. The van der Waals surface area contributed by atoms with Gasteiger partial charge in [0.2, 0.25) is 0 Å². The summed E-state index contributed by atoms with van der Waals surface area (Å²) in [5.41, 5.74) is 1.37. The Morgan fingerprint density at radius 3 is 2.95 bits per heavy atom. The molecule has 0 aromatic heterocycles. The SMILES string of the molecule is Cc1ccc(O)c(C(=O)NC2CC[C@H]3CNC[C@H]3C2)c1. The average Bonchev–Trinajstić information content (AvgIpc) is 2.89. The molecule has 2 aliphatic rings. The molecular formula is C16H22N2O2. The fourth-order valence-corrected chi connectivity index (χ4v) is 3.53. The number of aromatic hydroxyl groups is 1. The third-order valence-electron chi connectivity index (χ3n) is 4.68. The van der Waals surface area contributed by atoms with Gasteiger partial charge in [0.15, 0.2) is 0 Å². The molecule has 1 unspecified atom stereocenters. The van der Waals surface area contributed by atoms with Gasteiger partial charge < -0.3 is 15.7 Å². The number of hydrogen-bond acceptors (Lipinski definition) is 3.